The summed E-state index contributed by atoms with van der Waals surface area (Å²) in [5.74, 6) is -4.69. The SMILES string of the molecule is [2H]c1nc2c(c([2H])c1[2H])c([2H])c([2H])c1c([2H])c([2H])c(-c3c([2H])c([2H])c(-c4c([2H])c([2H])c(-c5c(-c6c([2H])c([2H])c([2H])c([2H])c6[2H])oc(-c6c([2H])c7c([2H])c([2H])c([2H])c([2H])c7c7c([2H])c([2H])c([2H])c([2H])c67)c5-c5c([2H])c([2H])c([2H])c([2H])c5[2H])c([2H])c4[2H])c4c([2H])c([2H])c([2H])c([2H])c34)nc12.[2H]c1nc2c(c([2H])c1[2H])c([2H])c([2H])c1c([2H])c([2H])c(-c3c([2H])c([2H])c(-c4c([2H])c([2H])c([2H])c(-c5oc(-c6c([2H])c7c([2H])c([2H])c([2H])c([2H])c7c7c([2H])c([2H])c([2H])c([2H])c67)c(-c6c([2H])c([2H])c([2H])c([2H])c6[2H])c5-c5c([2H])c([2H])c([2H])c([2H])c5[2H])c4[2H])c4c([2H])c([2H])c([2H])c([2H])c34)nc12. The number of benzene rings is 18. The smallest absolute Gasteiger partial charge is 0.143 e. The summed E-state index contributed by atoms with van der Waals surface area (Å²) in [6, 6.07) is -75.4. The Morgan fingerprint density at radius 1 is 0.172 bits per heavy atom. The molecule has 122 heavy (non-hydrogen) atoms. The van der Waals surface area contributed by atoms with Gasteiger partial charge in [0.1, 0.15) is 23.0 Å². The molecule has 0 atom stereocenters. The molecule has 6 heterocycles. The first-order valence-electron chi connectivity index (χ1n) is 71.6. The topological polar surface area (TPSA) is 77.8 Å². The fraction of sp³-hybridized carbons (Fsp3) is 0. The van der Waals surface area contributed by atoms with Gasteiger partial charge in [-0.25, -0.2) is 9.97 Å². The summed E-state index contributed by atoms with van der Waals surface area (Å²) in [5.41, 5.74) is -22.6. The Hall–Kier alpha value is -16.3. The Kier molecular flexibility index (Phi) is 7.15. The van der Waals surface area contributed by atoms with Gasteiger partial charge in [0.2, 0.25) is 0 Å². The van der Waals surface area contributed by atoms with Gasteiger partial charge in [0, 0.05) is 89.5 Å². The first-order valence-corrected chi connectivity index (χ1v) is 35.6. The average Bonchev–Trinajstić information content (AvgIpc) is 1.48. The lowest BCUT2D eigenvalue weighted by Gasteiger charge is -2.14. The van der Waals surface area contributed by atoms with Gasteiger partial charge in [0.25, 0.3) is 0 Å². The Labute approximate surface area is 805 Å². The first kappa shape index (κ1) is 29.1. The molecule has 6 aromatic heterocycles. The van der Waals surface area contributed by atoms with Crippen LogP contribution < -0.4 is 0 Å². The van der Waals surface area contributed by atoms with Crippen molar-refractivity contribution in [3.63, 3.8) is 0 Å². The third kappa shape index (κ3) is 12.3. The van der Waals surface area contributed by atoms with Crippen molar-refractivity contribution < 1.29 is 108 Å². The number of hydrogen-bond acceptors (Lipinski definition) is 6. The van der Waals surface area contributed by atoms with Crippen LogP contribution in [-0.4, -0.2) is 19.9 Å². The highest BCUT2D eigenvalue weighted by Gasteiger charge is 2.30. The van der Waals surface area contributed by atoms with Crippen molar-refractivity contribution >= 4 is 108 Å². The minimum absolute atomic E-state index is 0.500. The van der Waals surface area contributed by atoms with Crippen LogP contribution >= 0.6 is 0 Å². The van der Waals surface area contributed by atoms with Crippen molar-refractivity contribution in [1.29, 1.82) is 0 Å². The summed E-state index contributed by atoms with van der Waals surface area (Å²) in [6.45, 7) is 0. The average molecular weight is 1630 g/mol. The summed E-state index contributed by atoms with van der Waals surface area (Å²) in [7, 11) is 0. The molecular formula is C116H72N4O2. The van der Waals surface area contributed by atoms with E-state index in [-0.39, 0.29) is 0 Å². The maximum Gasteiger partial charge on any atom is 0.143 e. The minimum Gasteiger partial charge on any atom is -0.455 e. The molecule has 0 spiro atoms. The fourth-order valence-electron chi connectivity index (χ4n) is 13.9. The molecule has 6 nitrogen and oxygen atoms in total. The summed E-state index contributed by atoms with van der Waals surface area (Å²) >= 11 is 0. The van der Waals surface area contributed by atoms with Gasteiger partial charge in [-0.15, -0.1) is 0 Å². The van der Waals surface area contributed by atoms with Crippen molar-refractivity contribution in [2.45, 2.75) is 0 Å². The zero-order chi connectivity index (χ0) is 143. The van der Waals surface area contributed by atoms with Crippen LogP contribution in [0.5, 0.6) is 0 Å². The molecule has 0 bridgehead atoms. The number of furan rings is 2. The predicted octanol–water partition coefficient (Wildman–Crippen LogP) is 31.7. The van der Waals surface area contributed by atoms with Crippen molar-refractivity contribution in [3.05, 3.63) is 435 Å². The zero-order valence-electron chi connectivity index (χ0n) is 133. The lowest BCUT2D eigenvalue weighted by Crippen LogP contribution is -1.91. The largest absolute Gasteiger partial charge is 0.455 e. The lowest BCUT2D eigenvalue weighted by molar-refractivity contribution is 0.599. The van der Waals surface area contributed by atoms with Crippen LogP contribution in [0.25, 0.3) is 243 Å². The van der Waals surface area contributed by atoms with Gasteiger partial charge < -0.3 is 8.83 Å². The molecule has 0 saturated carbocycles. The Morgan fingerprint density at radius 3 is 0.910 bits per heavy atom. The Bertz CT molecular complexity index is 12800. The summed E-state index contributed by atoms with van der Waals surface area (Å²) in [4.78, 5) is 16.9. The maximum atomic E-state index is 10.3. The zero-order valence-corrected chi connectivity index (χ0v) is 60.6. The summed E-state index contributed by atoms with van der Waals surface area (Å²) in [5, 5.41) is -11.7. The molecule has 24 aromatic rings. The van der Waals surface area contributed by atoms with Gasteiger partial charge in [-0.1, -0.05) is 381 Å². The van der Waals surface area contributed by atoms with Crippen molar-refractivity contribution in [2.24, 2.45) is 0 Å². The van der Waals surface area contributed by atoms with E-state index in [0.717, 1.165) is 0 Å². The molecule has 0 aliphatic heterocycles. The van der Waals surface area contributed by atoms with Crippen molar-refractivity contribution in [3.8, 4) is 135 Å². The van der Waals surface area contributed by atoms with Crippen LogP contribution in [0.4, 0.5) is 0 Å². The highest BCUT2D eigenvalue weighted by Crippen LogP contribution is 2.54. The molecule has 568 valence electrons. The molecule has 0 amide bonds. The third-order valence-corrected chi connectivity index (χ3v) is 19.1. The van der Waals surface area contributed by atoms with Gasteiger partial charge in [-0.3, -0.25) is 9.97 Å². The van der Waals surface area contributed by atoms with E-state index in [0.29, 0.717) is 0 Å². The molecule has 0 N–H and O–H groups in total. The number of hydrogen-bond donors (Lipinski definition) is 0. The number of fused-ring (bicyclic) bond motifs is 14. The van der Waals surface area contributed by atoms with Crippen LogP contribution in [-0.2, 0) is 0 Å². The second-order valence-corrected chi connectivity index (χ2v) is 25.8. The molecule has 18 aromatic carbocycles. The normalized spacial score (nSPS) is 19.9. The van der Waals surface area contributed by atoms with E-state index in [4.69, 9.17) is 62.3 Å². The first-order chi connectivity index (χ1) is 90.5. The van der Waals surface area contributed by atoms with Crippen molar-refractivity contribution in [1.82, 2.24) is 19.9 Å². The Morgan fingerprint density at radius 2 is 0.467 bits per heavy atom. The monoisotopic (exact) mass is 1630 g/mol. The standard InChI is InChI=1S/2C58H36N2O/c1-3-15-37(16-4-1)53-54(38-17-5-2-6-18-38)58(51-36-42-19-7-8-23-44(42)46-24-10-12-27-49(46)51)61-57(53)43-21-13-20-41(35-43)45-31-32-50(48-26-11-9-25-47(45)48)52-33-30-40-29-28-39-22-14-34-59-55(39)56(40)60-52;1-3-14-38(15-4-1)54-53(57(42-16-5-2-6-17-42)61-58(54)51-36-43-18-7-8-20-44(43)46-21-10-12-24-49(46)51)39-27-25-37(26-28-39)45-32-33-50(48-23-11-9-22-47(45)48)52-34-31-41-30-29-40-19-13-35-59-55(40)56(41)60-52/h2*1-36H/i2*1D,2D,3D,4D,5D,6D,7D,8D,9D,10D,11D,12D,13D,14D,15D,16D,17D,18D,19D,20D,21D,22D,23D,24D,25D,26D,27D,28D,29D,30D,31D,32D,33D,34D,35D,36D. The van der Waals surface area contributed by atoms with E-state index in [2.05, 4.69) is 19.9 Å². The van der Waals surface area contributed by atoms with Crippen molar-refractivity contribution in [2.75, 3.05) is 0 Å². The molecule has 0 radical (unpaired) electrons. The van der Waals surface area contributed by atoms with Crippen LogP contribution in [0.3, 0.4) is 0 Å². The molecule has 24 rings (SSSR count). The van der Waals surface area contributed by atoms with E-state index in [1.807, 2.05) is 0 Å². The van der Waals surface area contributed by atoms with Gasteiger partial charge in [-0.05, 0) is 151 Å². The predicted molar refractivity (Wildman–Crippen MR) is 509 cm³/mol. The van der Waals surface area contributed by atoms with Crippen LogP contribution in [0.15, 0.2) is 444 Å². The molecule has 0 fully saturated rings. The number of rotatable bonds is 12. The third-order valence-electron chi connectivity index (χ3n) is 19.1. The second-order valence-electron chi connectivity index (χ2n) is 25.8. The van der Waals surface area contributed by atoms with Gasteiger partial charge in [0.15, 0.2) is 0 Å². The van der Waals surface area contributed by atoms with Crippen LogP contribution in [0.2, 0.25) is 0 Å². The molecule has 0 saturated heterocycles. The van der Waals surface area contributed by atoms with Crippen LogP contribution in [0, 0.1) is 0 Å². The van der Waals surface area contributed by atoms with Gasteiger partial charge in [-0.2, -0.15) is 0 Å². The number of aromatic nitrogens is 4. The van der Waals surface area contributed by atoms with E-state index < -0.39 is 678 Å². The van der Waals surface area contributed by atoms with Crippen LogP contribution in [0.1, 0.15) is 98.7 Å². The van der Waals surface area contributed by atoms with Gasteiger partial charge in [0.05, 0.1) is 132 Å². The summed E-state index contributed by atoms with van der Waals surface area (Å²) < 4.78 is 671. The van der Waals surface area contributed by atoms with Gasteiger partial charge >= 0.3 is 0 Å². The number of nitrogens with zero attached hydrogens (tertiary/aromatic N) is 4. The van der Waals surface area contributed by atoms with E-state index in [9.17, 15) is 45.2 Å². The quantitative estimate of drug-likeness (QED) is 0.113. The molecule has 0 unspecified atom stereocenters. The molecule has 0 aliphatic rings. The lowest BCUT2D eigenvalue weighted by atomic mass is 9.88. The van der Waals surface area contributed by atoms with E-state index in [1.54, 1.807) is 0 Å². The van der Waals surface area contributed by atoms with E-state index >= 15 is 0 Å². The summed E-state index contributed by atoms with van der Waals surface area (Å²) in [6.07, 6.45) is -1.66. The highest BCUT2D eigenvalue weighted by molar-refractivity contribution is 6.19. The van der Waals surface area contributed by atoms with E-state index in [1.165, 1.54) is 0 Å². The molecule has 6 heteroatoms. The maximum absolute atomic E-state index is 10.3. The fourth-order valence-corrected chi connectivity index (χ4v) is 13.9. The Balaban J connectivity index is 0.000000200. The molecular weight excluding hydrogens is 1480 g/mol. The minimum atomic E-state index is -1.36. The molecule has 0 aliphatic carbocycles. The number of pyridine rings is 4. The second kappa shape index (κ2) is 30.0. The highest BCUT2D eigenvalue weighted by atomic mass is 16.3.